The zero-order chi connectivity index (χ0) is 4.28. The third kappa shape index (κ3) is 4.56. The van der Waals surface area contributed by atoms with Crippen LogP contribution in [0.4, 0.5) is 0 Å². The predicted octanol–water partition coefficient (Wildman–Crippen LogP) is -0.117. The second-order valence-corrected chi connectivity index (χ2v) is 1.26. The molecule has 0 aromatic rings. The molecule has 5 heavy (non-hydrogen) atoms. The van der Waals surface area contributed by atoms with E-state index >= 15 is 0 Å². The standard InChI is InChI=1S/C3H7O.Li/c1-2-3-4;/h3-4H,2H2,1H3;. The van der Waals surface area contributed by atoms with Gasteiger partial charge in [0.15, 0.2) is 0 Å². The molecule has 0 fully saturated rings. The summed E-state index contributed by atoms with van der Waals surface area (Å²) in [7, 11) is 0. The molecule has 0 aliphatic heterocycles. The van der Waals surface area contributed by atoms with E-state index in [2.05, 4.69) is 0 Å². The Morgan fingerprint density at radius 1 is 2.00 bits per heavy atom. The summed E-state index contributed by atoms with van der Waals surface area (Å²) in [5.74, 6) is 0. The van der Waals surface area contributed by atoms with Gasteiger partial charge in [-0.1, -0.05) is 0 Å². The molecule has 0 saturated carbocycles. The van der Waals surface area contributed by atoms with Crippen LogP contribution in [-0.2, 0) is 0 Å². The van der Waals surface area contributed by atoms with E-state index in [1.165, 1.54) is 0 Å². The van der Waals surface area contributed by atoms with Gasteiger partial charge in [0.1, 0.15) is 0 Å². The third-order valence-corrected chi connectivity index (χ3v) is 0.591. The van der Waals surface area contributed by atoms with Crippen molar-refractivity contribution in [3.8, 4) is 0 Å². The Kier molecular flexibility index (Phi) is 3.09. The van der Waals surface area contributed by atoms with Crippen molar-refractivity contribution in [1.29, 1.82) is 0 Å². The van der Waals surface area contributed by atoms with Crippen molar-refractivity contribution in [2.24, 2.45) is 0 Å². The Hall–Kier alpha value is 0.557. The number of aliphatic hydroxyl groups excluding tert-OH is 1. The summed E-state index contributed by atoms with van der Waals surface area (Å²) in [5.41, 5.74) is 0. The summed E-state index contributed by atoms with van der Waals surface area (Å²) in [6.45, 7) is 1.95. The molecule has 0 saturated heterocycles. The molecule has 0 aromatic heterocycles. The van der Waals surface area contributed by atoms with Crippen LogP contribution in [0.3, 0.4) is 0 Å². The first-order valence-electron chi connectivity index (χ1n) is 1.95. The van der Waals surface area contributed by atoms with Gasteiger partial charge in [0, 0.05) is 0 Å². The van der Waals surface area contributed by atoms with E-state index in [4.69, 9.17) is 5.11 Å². The van der Waals surface area contributed by atoms with Gasteiger partial charge in [0.2, 0.25) is 0 Å². The van der Waals surface area contributed by atoms with Gasteiger partial charge in [0.05, 0.1) is 0 Å². The van der Waals surface area contributed by atoms with Gasteiger partial charge in [-0.3, -0.25) is 0 Å². The fourth-order valence-corrected chi connectivity index (χ4v) is 0. The molecule has 0 aliphatic rings. The zero-order valence-electron chi connectivity index (χ0n) is 3.73. The first-order valence-corrected chi connectivity index (χ1v) is 1.95. The van der Waals surface area contributed by atoms with E-state index in [1.54, 1.807) is 17.7 Å². The molecule has 2 heteroatoms. The summed E-state index contributed by atoms with van der Waals surface area (Å²) in [4.78, 5) is 0. The quantitative estimate of drug-likeness (QED) is 0.423. The van der Waals surface area contributed by atoms with Gasteiger partial charge in [-0.25, -0.2) is 0 Å². The van der Waals surface area contributed by atoms with E-state index in [9.17, 15) is 0 Å². The number of hydrogen-bond donors (Lipinski definition) is 1. The van der Waals surface area contributed by atoms with Crippen LogP contribution in [0.15, 0.2) is 0 Å². The Bertz CT molecular complexity index is 20.9. The zero-order valence-corrected chi connectivity index (χ0v) is 3.73. The molecule has 1 N–H and O–H groups in total. The SMILES string of the molecule is [Li][CH](O)CC. The van der Waals surface area contributed by atoms with E-state index in [0.717, 1.165) is 6.42 Å². The fourth-order valence-electron chi connectivity index (χ4n) is 0. The van der Waals surface area contributed by atoms with Crippen molar-refractivity contribution in [2.75, 3.05) is 0 Å². The van der Waals surface area contributed by atoms with Gasteiger partial charge < -0.3 is 0 Å². The Balaban J connectivity index is 2.54. The van der Waals surface area contributed by atoms with Crippen LogP contribution < -0.4 is 0 Å². The van der Waals surface area contributed by atoms with E-state index in [1.807, 2.05) is 6.92 Å². The average Bonchev–Trinajstić information content (AvgIpc) is 1.38. The predicted molar refractivity (Wildman–Crippen MR) is 22.1 cm³/mol. The van der Waals surface area contributed by atoms with Crippen LogP contribution in [0.1, 0.15) is 13.3 Å². The maximum absolute atomic E-state index is 8.36. The molecule has 0 rings (SSSR count). The van der Waals surface area contributed by atoms with E-state index in [-0.39, 0.29) is 4.78 Å². The summed E-state index contributed by atoms with van der Waals surface area (Å²) in [5, 5.41) is 8.36. The molecule has 0 bridgehead atoms. The van der Waals surface area contributed by atoms with Crippen LogP contribution in [0.5, 0.6) is 0 Å². The van der Waals surface area contributed by atoms with Crippen molar-refractivity contribution in [3.63, 3.8) is 0 Å². The third-order valence-electron chi connectivity index (χ3n) is 0.591. The Morgan fingerprint density at radius 2 is 2.20 bits per heavy atom. The molecule has 26 valence electrons. The first kappa shape index (κ1) is 5.56. The number of hydrogen-bond acceptors (Lipinski definition) is 1. The molecule has 0 heterocycles. The second kappa shape index (κ2) is 2.78. The van der Waals surface area contributed by atoms with Crippen molar-refractivity contribution in [2.45, 2.75) is 18.1 Å². The van der Waals surface area contributed by atoms with Gasteiger partial charge >= 0.3 is 40.9 Å². The van der Waals surface area contributed by atoms with Crippen LogP contribution in [0, 0.1) is 0 Å². The molecule has 0 radical (unpaired) electrons. The number of aliphatic hydroxyl groups is 1. The van der Waals surface area contributed by atoms with E-state index < -0.39 is 0 Å². The summed E-state index contributed by atoms with van der Waals surface area (Å²) in [6, 6.07) is 0. The molecule has 0 aromatic carbocycles. The second-order valence-electron chi connectivity index (χ2n) is 1.26. The molecule has 1 atom stereocenters. The van der Waals surface area contributed by atoms with Crippen LogP contribution >= 0.6 is 0 Å². The molecule has 1 unspecified atom stereocenters. The maximum atomic E-state index is 8.36. The van der Waals surface area contributed by atoms with Crippen molar-refractivity contribution < 1.29 is 5.11 Å². The minimum absolute atomic E-state index is 0.116. The van der Waals surface area contributed by atoms with Crippen LogP contribution in [-0.4, -0.2) is 27.6 Å². The minimum atomic E-state index is -0.116. The molecule has 0 spiro atoms. The molecule has 0 aliphatic carbocycles. The number of rotatable bonds is 1. The van der Waals surface area contributed by atoms with Crippen molar-refractivity contribution in [1.82, 2.24) is 0 Å². The van der Waals surface area contributed by atoms with E-state index in [0.29, 0.717) is 0 Å². The summed E-state index contributed by atoms with van der Waals surface area (Å²) < 4.78 is -0.116. The monoisotopic (exact) mass is 66.1 g/mol. The molecular formula is C3H7LiO. The van der Waals surface area contributed by atoms with Crippen molar-refractivity contribution in [3.05, 3.63) is 0 Å². The first-order chi connectivity index (χ1) is 2.27. The summed E-state index contributed by atoms with van der Waals surface area (Å²) in [6.07, 6.45) is 0.861. The Labute approximate surface area is 41.6 Å². The molecule has 1 nitrogen and oxygen atoms in total. The Morgan fingerprint density at radius 3 is 2.20 bits per heavy atom. The van der Waals surface area contributed by atoms with Gasteiger partial charge in [-0.2, -0.15) is 0 Å². The van der Waals surface area contributed by atoms with Gasteiger partial charge in [-0.05, 0) is 0 Å². The van der Waals surface area contributed by atoms with Crippen LogP contribution in [0.25, 0.3) is 0 Å². The average molecular weight is 66.0 g/mol. The molecule has 0 amide bonds. The van der Waals surface area contributed by atoms with Crippen molar-refractivity contribution >= 4 is 17.7 Å². The van der Waals surface area contributed by atoms with Crippen LogP contribution in [0.2, 0.25) is 0 Å². The topological polar surface area (TPSA) is 20.2 Å². The normalized spacial score (nSPS) is 15.2. The molecular weight excluding hydrogens is 59.0 g/mol. The summed E-state index contributed by atoms with van der Waals surface area (Å²) >= 11 is 1.78. The van der Waals surface area contributed by atoms with Gasteiger partial charge in [0.25, 0.3) is 0 Å². The fraction of sp³-hybridized carbons (Fsp3) is 1.00. The van der Waals surface area contributed by atoms with Gasteiger partial charge in [-0.15, -0.1) is 0 Å².